The Labute approximate surface area is 134 Å². The number of aromatic nitrogens is 3. The molecule has 0 saturated carbocycles. The first-order valence-electron chi connectivity index (χ1n) is 8.15. The summed E-state index contributed by atoms with van der Waals surface area (Å²) < 4.78 is 0. The van der Waals surface area contributed by atoms with E-state index in [1.807, 2.05) is 18.2 Å². The zero-order chi connectivity index (χ0) is 15.8. The number of hydrogen-bond acceptors (Lipinski definition) is 4. The summed E-state index contributed by atoms with van der Waals surface area (Å²) >= 11 is 0. The number of β-amino-alcohol motifs (C(OH)–C–C–N with tert-alkyl or cyclic N) is 1. The summed E-state index contributed by atoms with van der Waals surface area (Å²) in [5.74, 6) is -0.0344. The molecule has 1 saturated heterocycles. The number of nitrogens with zero attached hydrogens (tertiary/aromatic N) is 3. The van der Waals surface area contributed by atoms with Crippen molar-refractivity contribution in [2.45, 2.75) is 31.8 Å². The van der Waals surface area contributed by atoms with Crippen LogP contribution in [0.4, 0.5) is 0 Å². The van der Waals surface area contributed by atoms with Gasteiger partial charge in [0, 0.05) is 42.2 Å². The number of nitrogens with one attached hydrogen (secondary N) is 1. The number of pyridine rings is 1. The normalized spacial score (nSPS) is 23.3. The molecule has 4 rings (SSSR count). The van der Waals surface area contributed by atoms with E-state index in [0.29, 0.717) is 25.2 Å². The van der Waals surface area contributed by atoms with E-state index >= 15 is 0 Å². The van der Waals surface area contributed by atoms with Crippen molar-refractivity contribution in [3.63, 3.8) is 0 Å². The van der Waals surface area contributed by atoms with Gasteiger partial charge < -0.3 is 10.0 Å². The van der Waals surface area contributed by atoms with Gasteiger partial charge in [0.15, 0.2) is 5.69 Å². The van der Waals surface area contributed by atoms with Crippen molar-refractivity contribution in [3.05, 3.63) is 47.0 Å². The van der Waals surface area contributed by atoms with E-state index in [-0.39, 0.29) is 11.8 Å². The van der Waals surface area contributed by atoms with E-state index in [0.717, 1.165) is 36.2 Å². The summed E-state index contributed by atoms with van der Waals surface area (Å²) in [6.07, 6.45) is 4.90. The summed E-state index contributed by atoms with van der Waals surface area (Å²) in [6.45, 7) is 0.927. The Kier molecular flexibility index (Phi) is 3.61. The summed E-state index contributed by atoms with van der Waals surface area (Å²) in [5, 5.41) is 17.5. The van der Waals surface area contributed by atoms with Crippen LogP contribution in [0.5, 0.6) is 0 Å². The molecule has 23 heavy (non-hydrogen) atoms. The van der Waals surface area contributed by atoms with Crippen LogP contribution in [0.25, 0.3) is 0 Å². The van der Waals surface area contributed by atoms with Crippen LogP contribution in [-0.2, 0) is 19.3 Å². The van der Waals surface area contributed by atoms with E-state index in [2.05, 4.69) is 15.2 Å². The van der Waals surface area contributed by atoms with Gasteiger partial charge in [-0.3, -0.25) is 14.9 Å². The van der Waals surface area contributed by atoms with Gasteiger partial charge in [0.1, 0.15) is 0 Å². The van der Waals surface area contributed by atoms with E-state index in [1.165, 1.54) is 0 Å². The van der Waals surface area contributed by atoms with E-state index in [1.54, 1.807) is 11.1 Å². The van der Waals surface area contributed by atoms with Gasteiger partial charge in [-0.05, 0) is 37.8 Å². The van der Waals surface area contributed by atoms with Crippen LogP contribution in [0, 0.1) is 5.92 Å². The average Bonchev–Trinajstić information content (AvgIpc) is 3.24. The molecule has 0 unspecified atom stereocenters. The van der Waals surface area contributed by atoms with Crippen molar-refractivity contribution in [3.8, 4) is 0 Å². The van der Waals surface area contributed by atoms with Gasteiger partial charge >= 0.3 is 0 Å². The Balaban J connectivity index is 1.47. The number of likely N-dealkylation sites (tertiary alicyclic amines) is 1. The third kappa shape index (κ3) is 2.63. The maximum Gasteiger partial charge on any atom is 0.274 e. The van der Waals surface area contributed by atoms with Crippen molar-refractivity contribution < 1.29 is 9.90 Å². The highest BCUT2D eigenvalue weighted by molar-refractivity contribution is 5.94. The van der Waals surface area contributed by atoms with Gasteiger partial charge in [0.25, 0.3) is 5.91 Å². The second-order valence-electron chi connectivity index (χ2n) is 6.45. The number of aliphatic hydroxyl groups excluding tert-OH is 1. The Hall–Kier alpha value is -2.21. The maximum absolute atomic E-state index is 12.7. The average molecular weight is 312 g/mol. The summed E-state index contributed by atoms with van der Waals surface area (Å²) in [4.78, 5) is 18.8. The molecule has 1 aliphatic carbocycles. The number of amides is 1. The maximum atomic E-state index is 12.7. The summed E-state index contributed by atoms with van der Waals surface area (Å²) in [5.41, 5.74) is 3.66. The predicted octanol–water partition coefficient (Wildman–Crippen LogP) is 0.969. The van der Waals surface area contributed by atoms with Crippen molar-refractivity contribution in [2.24, 2.45) is 5.92 Å². The van der Waals surface area contributed by atoms with Crippen LogP contribution in [-0.4, -0.2) is 50.3 Å². The van der Waals surface area contributed by atoms with Crippen molar-refractivity contribution >= 4 is 5.91 Å². The number of hydrogen-bond donors (Lipinski definition) is 2. The molecule has 2 aromatic heterocycles. The molecular weight excluding hydrogens is 292 g/mol. The monoisotopic (exact) mass is 312 g/mol. The minimum absolute atomic E-state index is 0.0286. The number of fused-ring (bicyclic) bond motifs is 1. The van der Waals surface area contributed by atoms with Crippen LogP contribution in [0.15, 0.2) is 24.4 Å². The first-order valence-corrected chi connectivity index (χ1v) is 8.15. The lowest BCUT2D eigenvalue weighted by molar-refractivity contribution is 0.0758. The quantitative estimate of drug-likeness (QED) is 0.885. The number of aryl methyl sites for hydroxylation is 1. The molecule has 0 radical (unpaired) electrons. The Morgan fingerprint density at radius 2 is 2.26 bits per heavy atom. The van der Waals surface area contributed by atoms with Gasteiger partial charge in [-0.15, -0.1) is 0 Å². The molecule has 2 N–H and O–H groups in total. The molecule has 0 aromatic carbocycles. The molecule has 1 amide bonds. The Morgan fingerprint density at radius 1 is 1.35 bits per heavy atom. The predicted molar refractivity (Wildman–Crippen MR) is 84.0 cm³/mol. The lowest BCUT2D eigenvalue weighted by Gasteiger charge is -2.15. The number of rotatable bonds is 3. The number of carbonyl (C=O) groups excluding carboxylic acids is 1. The highest BCUT2D eigenvalue weighted by Crippen LogP contribution is 2.27. The molecule has 6 heteroatoms. The van der Waals surface area contributed by atoms with Crippen LogP contribution in [0.2, 0.25) is 0 Å². The van der Waals surface area contributed by atoms with Gasteiger partial charge in [0.05, 0.1) is 6.10 Å². The molecule has 1 aliphatic heterocycles. The van der Waals surface area contributed by atoms with E-state index < -0.39 is 6.10 Å². The van der Waals surface area contributed by atoms with Crippen molar-refractivity contribution in [1.29, 1.82) is 0 Å². The third-order valence-corrected chi connectivity index (χ3v) is 4.90. The van der Waals surface area contributed by atoms with Gasteiger partial charge in [-0.1, -0.05) is 6.07 Å². The van der Waals surface area contributed by atoms with E-state index in [4.69, 9.17) is 0 Å². The Morgan fingerprint density at radius 3 is 3.09 bits per heavy atom. The molecule has 2 aromatic rings. The lowest BCUT2D eigenvalue weighted by atomic mass is 10.00. The number of carbonyl (C=O) groups is 1. The SMILES string of the molecule is O=C(c1n[nH]c2c1CCC2)N1C[C@@H](Cc2ccccn2)[C@H](O)C1. The molecule has 3 heterocycles. The number of aromatic amines is 1. The van der Waals surface area contributed by atoms with Gasteiger partial charge in [-0.2, -0.15) is 5.10 Å². The second-order valence-corrected chi connectivity index (χ2v) is 6.45. The largest absolute Gasteiger partial charge is 0.391 e. The zero-order valence-electron chi connectivity index (χ0n) is 12.9. The fourth-order valence-corrected chi connectivity index (χ4v) is 3.65. The van der Waals surface area contributed by atoms with Crippen LogP contribution < -0.4 is 0 Å². The lowest BCUT2D eigenvalue weighted by Crippen LogP contribution is -2.30. The third-order valence-electron chi connectivity index (χ3n) is 4.90. The highest BCUT2D eigenvalue weighted by Gasteiger charge is 2.36. The molecule has 0 bridgehead atoms. The first kappa shape index (κ1) is 14.4. The van der Waals surface area contributed by atoms with Crippen LogP contribution in [0.1, 0.15) is 33.9 Å². The second kappa shape index (κ2) is 5.77. The zero-order valence-corrected chi connectivity index (χ0v) is 12.9. The molecule has 120 valence electrons. The molecule has 2 atom stereocenters. The number of H-pyrrole nitrogens is 1. The molecule has 0 spiro atoms. The van der Waals surface area contributed by atoms with Gasteiger partial charge in [0.2, 0.25) is 0 Å². The standard InChI is InChI=1S/C17H20N4O2/c22-15-10-21(9-11(15)8-12-4-1-2-7-18-12)17(23)16-13-5-3-6-14(13)19-20-16/h1-2,4,7,11,15,22H,3,5-6,8-10H2,(H,19,20)/t11-,15-/m1/s1. The molecular formula is C17H20N4O2. The fourth-order valence-electron chi connectivity index (χ4n) is 3.65. The van der Waals surface area contributed by atoms with Crippen LogP contribution >= 0.6 is 0 Å². The molecule has 1 fully saturated rings. The minimum Gasteiger partial charge on any atom is -0.391 e. The number of aliphatic hydroxyl groups is 1. The van der Waals surface area contributed by atoms with Crippen LogP contribution in [0.3, 0.4) is 0 Å². The van der Waals surface area contributed by atoms with E-state index in [9.17, 15) is 9.90 Å². The van der Waals surface area contributed by atoms with Crippen molar-refractivity contribution in [1.82, 2.24) is 20.1 Å². The molecule has 2 aliphatic rings. The highest BCUT2D eigenvalue weighted by atomic mass is 16.3. The fraction of sp³-hybridized carbons (Fsp3) is 0.471. The van der Waals surface area contributed by atoms with Crippen molar-refractivity contribution in [2.75, 3.05) is 13.1 Å². The first-order chi connectivity index (χ1) is 11.2. The summed E-state index contributed by atoms with van der Waals surface area (Å²) in [6, 6.07) is 5.78. The smallest absolute Gasteiger partial charge is 0.274 e. The Bertz CT molecular complexity index is 713. The molecule has 6 nitrogen and oxygen atoms in total. The van der Waals surface area contributed by atoms with Gasteiger partial charge in [-0.25, -0.2) is 0 Å². The summed E-state index contributed by atoms with van der Waals surface area (Å²) in [7, 11) is 0. The minimum atomic E-state index is -0.507. The topological polar surface area (TPSA) is 82.1 Å².